The van der Waals surface area contributed by atoms with Crippen molar-refractivity contribution in [1.82, 2.24) is 10.3 Å². The lowest BCUT2D eigenvalue weighted by atomic mass is 10.4. The van der Waals surface area contributed by atoms with Gasteiger partial charge in [0.25, 0.3) is 0 Å². The van der Waals surface area contributed by atoms with Crippen LogP contribution in [0.4, 0.5) is 0 Å². The molecule has 0 fully saturated rings. The number of aryl methyl sites for hydroxylation is 1. The summed E-state index contributed by atoms with van der Waals surface area (Å²) in [6.07, 6.45) is 3.07. The van der Waals surface area contributed by atoms with Gasteiger partial charge in [-0.05, 0) is 13.8 Å². The highest BCUT2D eigenvalue weighted by Crippen LogP contribution is 2.10. The first-order valence-corrected chi connectivity index (χ1v) is 7.57. The van der Waals surface area contributed by atoms with Crippen LogP contribution in [0.1, 0.15) is 16.8 Å². The monoisotopic (exact) mass is 248 g/mol. The van der Waals surface area contributed by atoms with Crippen LogP contribution in [-0.2, 0) is 16.4 Å². The second-order valence-corrected chi connectivity index (χ2v) is 7.24. The molecule has 1 aromatic heterocycles. The van der Waals surface area contributed by atoms with E-state index in [9.17, 15) is 8.42 Å². The normalized spacial score (nSPS) is 14.1. The van der Waals surface area contributed by atoms with E-state index in [1.165, 1.54) is 11.1 Å². The Hall–Kier alpha value is -0.460. The maximum atomic E-state index is 11.0. The molecule has 1 atom stereocenters. The van der Waals surface area contributed by atoms with Crippen molar-refractivity contribution in [3.8, 4) is 0 Å². The molecule has 86 valence electrons. The van der Waals surface area contributed by atoms with Gasteiger partial charge in [0.15, 0.2) is 0 Å². The summed E-state index contributed by atoms with van der Waals surface area (Å²) in [5.74, 6) is 0.164. The van der Waals surface area contributed by atoms with Crippen LogP contribution in [0.25, 0.3) is 0 Å². The van der Waals surface area contributed by atoms with Crippen LogP contribution in [0, 0.1) is 6.92 Å². The van der Waals surface area contributed by atoms with Gasteiger partial charge < -0.3 is 5.32 Å². The van der Waals surface area contributed by atoms with E-state index >= 15 is 0 Å². The number of hydrogen-bond donors (Lipinski definition) is 1. The fourth-order valence-corrected chi connectivity index (χ4v) is 3.02. The van der Waals surface area contributed by atoms with E-state index in [1.54, 1.807) is 11.3 Å². The highest BCUT2D eigenvalue weighted by Gasteiger charge is 2.10. The van der Waals surface area contributed by atoms with E-state index in [0.29, 0.717) is 6.54 Å². The van der Waals surface area contributed by atoms with E-state index in [0.717, 1.165) is 5.01 Å². The minimum atomic E-state index is -2.90. The van der Waals surface area contributed by atoms with Crippen LogP contribution >= 0.6 is 11.3 Å². The van der Waals surface area contributed by atoms with E-state index in [2.05, 4.69) is 10.3 Å². The van der Waals surface area contributed by atoms with Gasteiger partial charge in [-0.1, -0.05) is 0 Å². The highest BCUT2D eigenvalue weighted by atomic mass is 32.2. The lowest BCUT2D eigenvalue weighted by molar-refractivity contribution is 0.559. The van der Waals surface area contributed by atoms with Crippen molar-refractivity contribution in [2.75, 3.05) is 12.0 Å². The number of sulfone groups is 1. The third kappa shape index (κ3) is 5.25. The van der Waals surface area contributed by atoms with Crippen molar-refractivity contribution >= 4 is 21.2 Å². The van der Waals surface area contributed by atoms with Crippen LogP contribution in [0.15, 0.2) is 6.20 Å². The zero-order valence-corrected chi connectivity index (χ0v) is 10.8. The molecule has 1 rings (SSSR count). The molecule has 0 aliphatic rings. The van der Waals surface area contributed by atoms with E-state index < -0.39 is 9.84 Å². The molecule has 0 amide bonds. The molecular formula is C9H16N2O2S2. The molecule has 0 aliphatic heterocycles. The topological polar surface area (TPSA) is 59.1 Å². The minimum absolute atomic E-state index is 0.0378. The Kier molecular flexibility index (Phi) is 4.24. The Morgan fingerprint density at radius 1 is 1.60 bits per heavy atom. The Balaban J connectivity index is 2.37. The summed E-state index contributed by atoms with van der Waals surface area (Å²) in [4.78, 5) is 5.36. The van der Waals surface area contributed by atoms with Crippen molar-refractivity contribution in [2.45, 2.75) is 26.4 Å². The minimum Gasteiger partial charge on any atom is -0.307 e. The van der Waals surface area contributed by atoms with Crippen LogP contribution in [0.3, 0.4) is 0 Å². The Morgan fingerprint density at radius 2 is 2.27 bits per heavy atom. The van der Waals surface area contributed by atoms with Crippen molar-refractivity contribution in [2.24, 2.45) is 0 Å². The smallest absolute Gasteiger partial charge is 0.148 e. The molecule has 1 heterocycles. The fraction of sp³-hybridized carbons (Fsp3) is 0.667. The van der Waals surface area contributed by atoms with Gasteiger partial charge in [0.2, 0.25) is 0 Å². The number of rotatable bonds is 5. The first-order valence-electron chi connectivity index (χ1n) is 4.69. The number of hydrogen-bond acceptors (Lipinski definition) is 5. The quantitative estimate of drug-likeness (QED) is 0.843. The summed E-state index contributed by atoms with van der Waals surface area (Å²) in [5, 5.41) is 4.13. The summed E-state index contributed by atoms with van der Waals surface area (Å²) >= 11 is 1.62. The van der Waals surface area contributed by atoms with Crippen LogP contribution in [0.5, 0.6) is 0 Å². The molecule has 0 radical (unpaired) electrons. The second-order valence-electron chi connectivity index (χ2n) is 3.74. The Bertz CT molecular complexity index is 412. The third-order valence-corrected chi connectivity index (χ3v) is 3.84. The largest absolute Gasteiger partial charge is 0.307 e. The average molecular weight is 248 g/mol. The first kappa shape index (κ1) is 12.6. The predicted octanol–water partition coefficient (Wildman–Crippen LogP) is 0.974. The van der Waals surface area contributed by atoms with Crippen molar-refractivity contribution in [3.63, 3.8) is 0 Å². The number of nitrogens with one attached hydrogen (secondary N) is 1. The van der Waals surface area contributed by atoms with Gasteiger partial charge in [0.1, 0.15) is 14.8 Å². The van der Waals surface area contributed by atoms with Gasteiger partial charge in [-0.25, -0.2) is 13.4 Å². The molecule has 0 aromatic carbocycles. The lowest BCUT2D eigenvalue weighted by Crippen LogP contribution is -2.32. The molecule has 4 nitrogen and oxygen atoms in total. The maximum Gasteiger partial charge on any atom is 0.148 e. The first-order chi connectivity index (χ1) is 6.87. The van der Waals surface area contributed by atoms with Crippen molar-refractivity contribution in [1.29, 1.82) is 0 Å². The maximum absolute atomic E-state index is 11.0. The van der Waals surface area contributed by atoms with Crippen LogP contribution in [-0.4, -0.2) is 31.5 Å². The summed E-state index contributed by atoms with van der Waals surface area (Å²) in [6, 6.07) is -0.0378. The predicted molar refractivity (Wildman–Crippen MR) is 62.9 cm³/mol. The molecule has 0 saturated carbocycles. The molecule has 15 heavy (non-hydrogen) atoms. The van der Waals surface area contributed by atoms with Gasteiger partial charge in [0, 0.05) is 29.9 Å². The van der Waals surface area contributed by atoms with Gasteiger partial charge in [-0.3, -0.25) is 0 Å². The molecule has 0 saturated heterocycles. The van der Waals surface area contributed by atoms with Gasteiger partial charge in [-0.15, -0.1) is 11.3 Å². The van der Waals surface area contributed by atoms with Gasteiger partial charge >= 0.3 is 0 Å². The van der Waals surface area contributed by atoms with Crippen LogP contribution < -0.4 is 5.32 Å². The Morgan fingerprint density at radius 3 is 2.73 bits per heavy atom. The highest BCUT2D eigenvalue weighted by molar-refractivity contribution is 7.90. The summed E-state index contributed by atoms with van der Waals surface area (Å²) in [7, 11) is -2.90. The molecule has 6 heteroatoms. The molecule has 0 aliphatic carbocycles. The molecule has 1 N–H and O–H groups in total. The van der Waals surface area contributed by atoms with Crippen molar-refractivity contribution in [3.05, 3.63) is 16.1 Å². The van der Waals surface area contributed by atoms with Gasteiger partial charge in [-0.2, -0.15) is 0 Å². The van der Waals surface area contributed by atoms with Gasteiger partial charge in [0.05, 0.1) is 5.75 Å². The third-order valence-electron chi connectivity index (χ3n) is 1.82. The fourth-order valence-electron chi connectivity index (χ4n) is 1.26. The lowest BCUT2D eigenvalue weighted by Gasteiger charge is -2.10. The summed E-state index contributed by atoms with van der Waals surface area (Å²) in [6.45, 7) is 4.50. The summed E-state index contributed by atoms with van der Waals surface area (Å²) in [5.41, 5.74) is 0. The number of nitrogens with zero attached hydrogens (tertiary/aromatic N) is 1. The molecule has 0 bridgehead atoms. The zero-order valence-electron chi connectivity index (χ0n) is 9.15. The van der Waals surface area contributed by atoms with E-state index in [4.69, 9.17) is 0 Å². The SMILES string of the molecule is Cc1cnc(CNC(C)CS(C)(=O)=O)s1. The molecule has 1 unspecified atom stereocenters. The zero-order chi connectivity index (χ0) is 11.5. The van der Waals surface area contributed by atoms with E-state index in [1.807, 2.05) is 20.0 Å². The van der Waals surface area contributed by atoms with Crippen LogP contribution in [0.2, 0.25) is 0 Å². The molecule has 0 spiro atoms. The average Bonchev–Trinajstić information content (AvgIpc) is 2.45. The number of thiazole rings is 1. The van der Waals surface area contributed by atoms with Crippen molar-refractivity contribution < 1.29 is 8.42 Å². The number of aromatic nitrogens is 1. The van der Waals surface area contributed by atoms with E-state index in [-0.39, 0.29) is 11.8 Å². The standard InChI is InChI=1S/C9H16N2O2S2/c1-7(6-15(3,12)13)10-5-9-11-4-8(2)14-9/h4,7,10H,5-6H2,1-3H3. The second kappa shape index (κ2) is 5.05. The molecule has 1 aromatic rings. The summed E-state index contributed by atoms with van der Waals surface area (Å²) < 4.78 is 22.0. The molecular weight excluding hydrogens is 232 g/mol. The Labute approximate surface area is 94.7 Å².